The van der Waals surface area contributed by atoms with Crippen LogP contribution in [0.4, 0.5) is 14.5 Å². The van der Waals surface area contributed by atoms with Crippen molar-refractivity contribution in [3.8, 4) is 0 Å². The van der Waals surface area contributed by atoms with E-state index in [1.165, 1.54) is 23.1 Å². The number of fused-ring (bicyclic) bond motifs is 1. The zero-order chi connectivity index (χ0) is 22.3. The van der Waals surface area contributed by atoms with Gasteiger partial charge in [0.15, 0.2) is 0 Å². The van der Waals surface area contributed by atoms with Crippen molar-refractivity contribution < 1.29 is 18.4 Å². The van der Waals surface area contributed by atoms with Crippen LogP contribution in [-0.2, 0) is 28.0 Å². The third-order valence-electron chi connectivity index (χ3n) is 6.89. The maximum Gasteiger partial charge on any atom is 0.238 e. The average molecular weight is 431 g/mol. The fourth-order valence-electron chi connectivity index (χ4n) is 5.39. The molecule has 3 aromatic rings. The van der Waals surface area contributed by atoms with Gasteiger partial charge in [-0.05, 0) is 53.6 Å². The van der Waals surface area contributed by atoms with Crippen LogP contribution in [-0.4, -0.2) is 11.7 Å². The number of halogens is 2. The van der Waals surface area contributed by atoms with Crippen molar-refractivity contribution in [1.82, 2.24) is 0 Å². The highest BCUT2D eigenvalue weighted by Crippen LogP contribution is 2.53. The van der Waals surface area contributed by atoms with Gasteiger partial charge < -0.3 is 4.90 Å². The van der Waals surface area contributed by atoms with E-state index in [1.54, 1.807) is 18.2 Å². The van der Waals surface area contributed by atoms with E-state index < -0.39 is 11.2 Å². The molecule has 1 saturated carbocycles. The molecule has 5 heteroatoms. The first-order chi connectivity index (χ1) is 15.5. The second kappa shape index (κ2) is 7.97. The van der Waals surface area contributed by atoms with E-state index in [2.05, 4.69) is 0 Å². The van der Waals surface area contributed by atoms with Gasteiger partial charge in [-0.3, -0.25) is 9.59 Å². The summed E-state index contributed by atoms with van der Waals surface area (Å²) in [5.74, 6) is -1.06. The smallest absolute Gasteiger partial charge is 0.238 e. The molecule has 2 atom stereocenters. The number of para-hydroxylation sites is 1. The zero-order valence-corrected chi connectivity index (χ0v) is 17.6. The largest absolute Gasteiger partial charge is 0.304 e. The summed E-state index contributed by atoms with van der Waals surface area (Å²) < 4.78 is 28.6. The molecule has 1 aliphatic heterocycles. The number of carbonyl (C=O) groups excluding carboxylic acids is 2. The SMILES string of the molecule is O=C1CC[C@H]([C@]2(Cc3ccccc3)C(=O)N(Cc3ccc(F)cc3)c3c(F)cccc32)C1. The molecule has 162 valence electrons. The van der Waals surface area contributed by atoms with E-state index in [-0.39, 0.29) is 35.7 Å². The number of nitrogens with zero attached hydrogens (tertiary/aromatic N) is 1. The van der Waals surface area contributed by atoms with Gasteiger partial charge in [0.1, 0.15) is 17.4 Å². The number of carbonyl (C=O) groups is 2. The zero-order valence-electron chi connectivity index (χ0n) is 17.6. The standard InChI is InChI=1S/C27H23F2NO2/c28-21-12-9-19(10-13-21)17-30-25-23(7-4-8-24(25)29)27(26(30)32,20-11-14-22(31)15-20)16-18-5-2-1-3-6-18/h1-10,12-13,20H,11,14-17H2/t20-,27-/m0/s1. The molecule has 0 unspecified atom stereocenters. The van der Waals surface area contributed by atoms with Crippen molar-refractivity contribution in [2.75, 3.05) is 4.90 Å². The van der Waals surface area contributed by atoms with Crippen LogP contribution in [0.3, 0.4) is 0 Å². The molecule has 5 rings (SSSR count). The summed E-state index contributed by atoms with van der Waals surface area (Å²) >= 11 is 0. The number of benzene rings is 3. The molecule has 1 fully saturated rings. The van der Waals surface area contributed by atoms with Gasteiger partial charge in [0.25, 0.3) is 0 Å². The molecule has 32 heavy (non-hydrogen) atoms. The molecule has 3 aromatic carbocycles. The minimum absolute atomic E-state index is 0.143. The van der Waals surface area contributed by atoms with Crippen molar-refractivity contribution in [2.24, 2.45) is 5.92 Å². The number of amides is 1. The first kappa shape index (κ1) is 20.6. The molecular formula is C27H23F2NO2. The molecule has 1 heterocycles. The molecule has 0 bridgehead atoms. The van der Waals surface area contributed by atoms with Crippen LogP contribution in [0, 0.1) is 17.6 Å². The number of anilines is 1. The summed E-state index contributed by atoms with van der Waals surface area (Å²) in [5, 5.41) is 0. The van der Waals surface area contributed by atoms with Gasteiger partial charge in [-0.1, -0.05) is 54.6 Å². The van der Waals surface area contributed by atoms with Crippen molar-refractivity contribution in [1.29, 1.82) is 0 Å². The predicted octanol–water partition coefficient (Wildman–Crippen LogP) is 5.36. The number of hydrogen-bond acceptors (Lipinski definition) is 2. The highest BCUT2D eigenvalue weighted by atomic mass is 19.1. The van der Waals surface area contributed by atoms with Crippen LogP contribution in [0.25, 0.3) is 0 Å². The fraction of sp³-hybridized carbons (Fsp3) is 0.259. The summed E-state index contributed by atoms with van der Waals surface area (Å²) in [7, 11) is 0. The lowest BCUT2D eigenvalue weighted by atomic mass is 9.66. The molecule has 0 saturated heterocycles. The van der Waals surface area contributed by atoms with Crippen molar-refractivity contribution in [2.45, 2.75) is 37.6 Å². The van der Waals surface area contributed by atoms with Gasteiger partial charge in [0.05, 0.1) is 17.6 Å². The van der Waals surface area contributed by atoms with Crippen LogP contribution in [0.15, 0.2) is 72.8 Å². The molecule has 0 spiro atoms. The number of Topliss-reactive ketones (excluding diaryl/α,β-unsaturated/α-hetero) is 1. The Morgan fingerprint density at radius 1 is 0.875 bits per heavy atom. The Labute approximate surface area is 185 Å². The van der Waals surface area contributed by atoms with E-state index in [9.17, 15) is 14.0 Å². The summed E-state index contributed by atoms with van der Waals surface area (Å²) in [6.07, 6.45) is 1.77. The van der Waals surface area contributed by atoms with Gasteiger partial charge in [0, 0.05) is 12.8 Å². The molecule has 3 nitrogen and oxygen atoms in total. The van der Waals surface area contributed by atoms with Crippen LogP contribution in [0.5, 0.6) is 0 Å². The highest BCUT2D eigenvalue weighted by molar-refractivity contribution is 6.09. The van der Waals surface area contributed by atoms with E-state index >= 15 is 4.39 Å². The van der Waals surface area contributed by atoms with Crippen molar-refractivity contribution >= 4 is 17.4 Å². The number of hydrogen-bond donors (Lipinski definition) is 0. The normalized spacial score (nSPS) is 22.4. The van der Waals surface area contributed by atoms with Gasteiger partial charge >= 0.3 is 0 Å². The van der Waals surface area contributed by atoms with Gasteiger partial charge in [-0.2, -0.15) is 0 Å². The van der Waals surface area contributed by atoms with E-state index in [0.717, 1.165) is 5.56 Å². The van der Waals surface area contributed by atoms with Crippen LogP contribution < -0.4 is 4.90 Å². The number of rotatable bonds is 5. The maximum absolute atomic E-state index is 15.2. The quantitative estimate of drug-likeness (QED) is 0.545. The maximum atomic E-state index is 15.2. The fourth-order valence-corrected chi connectivity index (χ4v) is 5.39. The van der Waals surface area contributed by atoms with Gasteiger partial charge in [-0.15, -0.1) is 0 Å². The lowest BCUT2D eigenvalue weighted by molar-refractivity contribution is -0.125. The lowest BCUT2D eigenvalue weighted by Gasteiger charge is -2.34. The molecule has 0 N–H and O–H groups in total. The van der Waals surface area contributed by atoms with Crippen LogP contribution in [0.2, 0.25) is 0 Å². The Morgan fingerprint density at radius 2 is 1.62 bits per heavy atom. The van der Waals surface area contributed by atoms with E-state index in [4.69, 9.17) is 0 Å². The van der Waals surface area contributed by atoms with Crippen molar-refractivity contribution in [3.05, 3.63) is 101 Å². The minimum Gasteiger partial charge on any atom is -0.304 e. The Kier molecular flexibility index (Phi) is 5.12. The minimum atomic E-state index is -1.01. The first-order valence-corrected chi connectivity index (χ1v) is 10.9. The topological polar surface area (TPSA) is 37.4 Å². The monoisotopic (exact) mass is 431 g/mol. The molecule has 1 aliphatic carbocycles. The van der Waals surface area contributed by atoms with Gasteiger partial charge in [-0.25, -0.2) is 8.78 Å². The Bertz CT molecular complexity index is 1180. The molecular weight excluding hydrogens is 408 g/mol. The Hall–Kier alpha value is -3.34. The third-order valence-corrected chi connectivity index (χ3v) is 6.89. The van der Waals surface area contributed by atoms with Crippen molar-refractivity contribution in [3.63, 3.8) is 0 Å². The predicted molar refractivity (Wildman–Crippen MR) is 118 cm³/mol. The lowest BCUT2D eigenvalue weighted by Crippen LogP contribution is -2.46. The highest BCUT2D eigenvalue weighted by Gasteiger charge is 2.57. The molecule has 0 radical (unpaired) electrons. The van der Waals surface area contributed by atoms with E-state index in [0.29, 0.717) is 36.8 Å². The van der Waals surface area contributed by atoms with Crippen LogP contribution >= 0.6 is 0 Å². The first-order valence-electron chi connectivity index (χ1n) is 10.9. The summed E-state index contributed by atoms with van der Waals surface area (Å²) in [6, 6.07) is 20.4. The summed E-state index contributed by atoms with van der Waals surface area (Å²) in [4.78, 5) is 27.9. The van der Waals surface area contributed by atoms with Crippen LogP contribution in [0.1, 0.15) is 36.0 Å². The summed E-state index contributed by atoms with van der Waals surface area (Å²) in [6.45, 7) is 0.143. The molecule has 2 aliphatic rings. The van der Waals surface area contributed by atoms with E-state index in [1.807, 2.05) is 36.4 Å². The molecule has 1 amide bonds. The average Bonchev–Trinajstić information content (AvgIpc) is 3.33. The Balaban J connectivity index is 1.66. The number of ketones is 1. The summed E-state index contributed by atoms with van der Waals surface area (Å²) in [5.41, 5.74) is 1.60. The second-order valence-electron chi connectivity index (χ2n) is 8.77. The van der Waals surface area contributed by atoms with Gasteiger partial charge in [0.2, 0.25) is 5.91 Å². The Morgan fingerprint density at radius 3 is 2.31 bits per heavy atom. The molecule has 0 aromatic heterocycles. The third kappa shape index (κ3) is 3.32. The second-order valence-corrected chi connectivity index (χ2v) is 8.77.